The zero-order valence-electron chi connectivity index (χ0n) is 20.6. The minimum absolute atomic E-state index is 0.00388. The molecule has 3 aromatic carbocycles. The van der Waals surface area contributed by atoms with E-state index in [2.05, 4.69) is 5.32 Å². The molecule has 11 heteroatoms. The number of alkyl halides is 3. The SMILES string of the molecule is CCS(=O)(=O)c1ccc(CC(=O)Nc2ccc(C(=O)N(C)[C@H](CC(F)(F)F)c3ccc(Cl)cc3)cc2)cc1. The molecule has 6 nitrogen and oxygen atoms in total. The molecule has 0 radical (unpaired) electrons. The van der Waals surface area contributed by atoms with Crippen molar-refractivity contribution in [2.24, 2.45) is 0 Å². The van der Waals surface area contributed by atoms with Crippen LogP contribution in [0.4, 0.5) is 18.9 Å². The van der Waals surface area contributed by atoms with E-state index < -0.39 is 34.4 Å². The van der Waals surface area contributed by atoms with Gasteiger partial charge in [-0.05, 0) is 59.7 Å². The average Bonchev–Trinajstić information content (AvgIpc) is 2.87. The van der Waals surface area contributed by atoms with E-state index in [4.69, 9.17) is 11.6 Å². The Kier molecular flexibility index (Phi) is 9.22. The summed E-state index contributed by atoms with van der Waals surface area (Å²) in [7, 11) is -2.03. The number of sulfone groups is 1. The second kappa shape index (κ2) is 12.0. The van der Waals surface area contributed by atoms with Gasteiger partial charge in [-0.25, -0.2) is 8.42 Å². The summed E-state index contributed by atoms with van der Waals surface area (Å²) in [5, 5.41) is 3.05. The van der Waals surface area contributed by atoms with Crippen LogP contribution >= 0.6 is 11.6 Å². The lowest BCUT2D eigenvalue weighted by Crippen LogP contribution is -2.34. The molecule has 202 valence electrons. The predicted octanol–water partition coefficient (Wildman–Crippen LogP) is 6.08. The quantitative estimate of drug-likeness (QED) is 0.340. The van der Waals surface area contributed by atoms with Crippen molar-refractivity contribution in [1.29, 1.82) is 0 Å². The number of hydrogen-bond donors (Lipinski definition) is 1. The number of nitrogens with one attached hydrogen (secondary N) is 1. The Labute approximate surface area is 224 Å². The maximum Gasteiger partial charge on any atom is 0.391 e. The predicted molar refractivity (Wildman–Crippen MR) is 140 cm³/mol. The number of amides is 2. The van der Waals surface area contributed by atoms with Gasteiger partial charge in [-0.2, -0.15) is 13.2 Å². The number of carbonyl (C=O) groups is 2. The van der Waals surface area contributed by atoms with Gasteiger partial charge in [-0.3, -0.25) is 9.59 Å². The first kappa shape index (κ1) is 29.2. The molecule has 0 aliphatic rings. The van der Waals surface area contributed by atoms with E-state index in [0.717, 1.165) is 4.90 Å². The zero-order valence-corrected chi connectivity index (χ0v) is 22.2. The molecule has 0 aliphatic heterocycles. The fourth-order valence-corrected chi connectivity index (χ4v) is 4.81. The van der Waals surface area contributed by atoms with E-state index in [1.54, 1.807) is 19.1 Å². The van der Waals surface area contributed by atoms with E-state index in [9.17, 15) is 31.2 Å². The fraction of sp³-hybridized carbons (Fsp3) is 0.259. The first-order chi connectivity index (χ1) is 17.8. The summed E-state index contributed by atoms with van der Waals surface area (Å²) in [6.07, 6.45) is -5.73. The molecule has 3 rings (SSSR count). The van der Waals surface area contributed by atoms with Crippen molar-refractivity contribution in [3.05, 3.63) is 94.5 Å². The van der Waals surface area contributed by atoms with E-state index in [1.165, 1.54) is 67.7 Å². The molecule has 1 atom stereocenters. The second-order valence-electron chi connectivity index (χ2n) is 8.65. The topological polar surface area (TPSA) is 83.5 Å². The lowest BCUT2D eigenvalue weighted by Gasteiger charge is -2.29. The molecule has 0 bridgehead atoms. The second-order valence-corrected chi connectivity index (χ2v) is 11.4. The Morgan fingerprint density at radius 1 is 0.947 bits per heavy atom. The highest BCUT2D eigenvalue weighted by Gasteiger charge is 2.36. The van der Waals surface area contributed by atoms with Gasteiger partial charge in [0.2, 0.25) is 5.91 Å². The minimum Gasteiger partial charge on any atom is -0.334 e. The number of nitrogens with zero attached hydrogens (tertiary/aromatic N) is 1. The molecule has 0 aliphatic carbocycles. The van der Waals surface area contributed by atoms with E-state index in [1.807, 2.05) is 0 Å². The van der Waals surface area contributed by atoms with Gasteiger partial charge in [0.1, 0.15) is 0 Å². The highest BCUT2D eigenvalue weighted by Crippen LogP contribution is 2.34. The van der Waals surface area contributed by atoms with Gasteiger partial charge >= 0.3 is 6.18 Å². The van der Waals surface area contributed by atoms with Crippen molar-refractivity contribution >= 4 is 38.9 Å². The fourth-order valence-electron chi connectivity index (χ4n) is 3.80. The maximum absolute atomic E-state index is 13.3. The molecule has 0 aromatic heterocycles. The van der Waals surface area contributed by atoms with Gasteiger partial charge in [0.25, 0.3) is 5.91 Å². The summed E-state index contributed by atoms with van der Waals surface area (Å²) in [6, 6.07) is 16.4. The van der Waals surface area contributed by atoms with Crippen LogP contribution < -0.4 is 5.32 Å². The smallest absolute Gasteiger partial charge is 0.334 e. The van der Waals surface area contributed by atoms with Crippen molar-refractivity contribution in [3.8, 4) is 0 Å². The van der Waals surface area contributed by atoms with Gasteiger partial charge in [-0.1, -0.05) is 42.8 Å². The van der Waals surface area contributed by atoms with Crippen molar-refractivity contribution in [3.63, 3.8) is 0 Å². The lowest BCUT2D eigenvalue weighted by molar-refractivity contribution is -0.145. The van der Waals surface area contributed by atoms with Gasteiger partial charge < -0.3 is 10.2 Å². The summed E-state index contributed by atoms with van der Waals surface area (Å²) < 4.78 is 63.7. The van der Waals surface area contributed by atoms with Crippen LogP contribution in [0.25, 0.3) is 0 Å². The number of benzene rings is 3. The third-order valence-corrected chi connectivity index (χ3v) is 7.91. The third kappa shape index (κ3) is 7.82. The molecule has 0 heterocycles. The summed E-state index contributed by atoms with van der Waals surface area (Å²) in [5.74, 6) is -1.000. The number of halogens is 4. The highest BCUT2D eigenvalue weighted by atomic mass is 35.5. The van der Waals surface area contributed by atoms with Crippen LogP contribution in [0, 0.1) is 0 Å². The van der Waals surface area contributed by atoms with Gasteiger partial charge in [0, 0.05) is 23.3 Å². The number of hydrogen-bond acceptors (Lipinski definition) is 4. The van der Waals surface area contributed by atoms with Crippen LogP contribution in [0.2, 0.25) is 5.02 Å². The molecule has 0 saturated carbocycles. The Balaban J connectivity index is 1.67. The van der Waals surface area contributed by atoms with Crippen LogP contribution in [-0.2, 0) is 21.1 Å². The number of carbonyl (C=O) groups excluding carboxylic acids is 2. The van der Waals surface area contributed by atoms with Gasteiger partial charge in [0.05, 0.1) is 29.5 Å². The Hall–Kier alpha value is -3.37. The minimum atomic E-state index is -4.50. The largest absolute Gasteiger partial charge is 0.391 e. The molecule has 0 unspecified atom stereocenters. The molecule has 2 amide bonds. The molecule has 0 fully saturated rings. The molecule has 3 aromatic rings. The standard InChI is InChI=1S/C27H26ClF3N2O4S/c1-3-38(36,37)23-14-4-18(5-15-23)16-25(34)32-22-12-8-20(9-13-22)26(35)33(2)24(17-27(29,30)31)19-6-10-21(28)11-7-19/h4-15,24H,3,16-17H2,1-2H3,(H,32,34)/t24-/m1/s1. The molecular formula is C27H26ClF3N2O4S. The van der Waals surface area contributed by atoms with Crippen molar-refractivity contribution in [2.75, 3.05) is 18.1 Å². The van der Waals surface area contributed by atoms with Gasteiger partial charge in [-0.15, -0.1) is 0 Å². The van der Waals surface area contributed by atoms with Crippen molar-refractivity contribution in [2.45, 2.75) is 36.9 Å². The molecule has 38 heavy (non-hydrogen) atoms. The molecule has 1 N–H and O–H groups in total. The summed E-state index contributed by atoms with van der Waals surface area (Å²) in [6.45, 7) is 1.55. The van der Waals surface area contributed by atoms with Crippen LogP contribution in [0.5, 0.6) is 0 Å². The Bertz CT molecular complexity index is 1380. The molecule has 0 spiro atoms. The summed E-state index contributed by atoms with van der Waals surface area (Å²) in [4.78, 5) is 26.7. The van der Waals surface area contributed by atoms with Crippen LogP contribution in [0.15, 0.2) is 77.7 Å². The first-order valence-electron chi connectivity index (χ1n) is 11.6. The average molecular weight is 567 g/mol. The monoisotopic (exact) mass is 566 g/mol. The normalized spacial score (nSPS) is 12.6. The van der Waals surface area contributed by atoms with E-state index in [-0.39, 0.29) is 28.5 Å². The maximum atomic E-state index is 13.3. The lowest BCUT2D eigenvalue weighted by atomic mass is 10.0. The van der Waals surface area contributed by atoms with Crippen LogP contribution in [-0.4, -0.2) is 44.1 Å². The Morgan fingerprint density at radius 3 is 2.05 bits per heavy atom. The third-order valence-electron chi connectivity index (χ3n) is 5.91. The summed E-state index contributed by atoms with van der Waals surface area (Å²) >= 11 is 5.86. The Morgan fingerprint density at radius 2 is 1.53 bits per heavy atom. The van der Waals surface area contributed by atoms with Crippen LogP contribution in [0.1, 0.15) is 40.9 Å². The molecule has 0 saturated heterocycles. The molecular weight excluding hydrogens is 541 g/mol. The number of anilines is 1. The van der Waals surface area contributed by atoms with Gasteiger partial charge in [0.15, 0.2) is 9.84 Å². The van der Waals surface area contributed by atoms with Crippen molar-refractivity contribution in [1.82, 2.24) is 4.90 Å². The highest BCUT2D eigenvalue weighted by molar-refractivity contribution is 7.91. The van der Waals surface area contributed by atoms with E-state index >= 15 is 0 Å². The van der Waals surface area contributed by atoms with E-state index in [0.29, 0.717) is 21.8 Å². The summed E-state index contributed by atoms with van der Waals surface area (Å²) in [5.41, 5.74) is 1.46. The van der Waals surface area contributed by atoms with Crippen molar-refractivity contribution < 1.29 is 31.2 Å². The zero-order chi connectivity index (χ0) is 28.1. The number of rotatable bonds is 9. The van der Waals surface area contributed by atoms with Crippen LogP contribution in [0.3, 0.4) is 0 Å². The first-order valence-corrected chi connectivity index (χ1v) is 13.6.